The molecule has 0 saturated heterocycles. The van der Waals surface area contributed by atoms with Gasteiger partial charge in [0.2, 0.25) is 0 Å². The maximum Gasteiger partial charge on any atom is 0.196 e. The molecule has 0 fully saturated rings. The van der Waals surface area contributed by atoms with Crippen molar-refractivity contribution in [2.45, 2.75) is 27.2 Å². The Hall–Kier alpha value is -2.97. The van der Waals surface area contributed by atoms with Gasteiger partial charge < -0.3 is 0 Å². The van der Waals surface area contributed by atoms with E-state index in [-0.39, 0.29) is 5.71 Å². The quantitative estimate of drug-likeness (QED) is 0.494. The van der Waals surface area contributed by atoms with E-state index in [0.29, 0.717) is 5.01 Å². The molecule has 5 heteroatoms. The number of hydrogen-bond acceptors (Lipinski definition) is 5. The van der Waals surface area contributed by atoms with E-state index in [0.717, 1.165) is 28.9 Å². The molecule has 26 heavy (non-hydrogen) atoms. The van der Waals surface area contributed by atoms with Crippen molar-refractivity contribution in [1.29, 1.82) is 5.26 Å². The van der Waals surface area contributed by atoms with Crippen LogP contribution in [0.2, 0.25) is 0 Å². The average molecular weight is 360 g/mol. The Balaban J connectivity index is 1.82. The van der Waals surface area contributed by atoms with Gasteiger partial charge in [0.25, 0.3) is 0 Å². The molecule has 0 bridgehead atoms. The van der Waals surface area contributed by atoms with Crippen LogP contribution in [0.4, 0.5) is 5.69 Å². The largest absolute Gasteiger partial charge is 0.277 e. The summed E-state index contributed by atoms with van der Waals surface area (Å²) in [4.78, 5) is 4.58. The Morgan fingerprint density at radius 1 is 1.19 bits per heavy atom. The van der Waals surface area contributed by atoms with E-state index in [2.05, 4.69) is 58.8 Å². The third-order valence-corrected chi connectivity index (χ3v) is 4.99. The first kappa shape index (κ1) is 17.8. The van der Waals surface area contributed by atoms with Crippen molar-refractivity contribution in [2.75, 3.05) is 5.43 Å². The van der Waals surface area contributed by atoms with Crippen LogP contribution in [0, 0.1) is 25.2 Å². The van der Waals surface area contributed by atoms with E-state index in [1.807, 2.05) is 31.4 Å². The third-order valence-electron chi connectivity index (χ3n) is 4.14. The summed E-state index contributed by atoms with van der Waals surface area (Å²) < 4.78 is 0. The Labute approximate surface area is 157 Å². The zero-order chi connectivity index (χ0) is 18.5. The van der Waals surface area contributed by atoms with Gasteiger partial charge in [0.05, 0.1) is 11.4 Å². The molecule has 0 atom stereocenters. The summed E-state index contributed by atoms with van der Waals surface area (Å²) in [6, 6.07) is 16.5. The van der Waals surface area contributed by atoms with Crippen LogP contribution in [0.1, 0.15) is 28.6 Å². The lowest BCUT2D eigenvalue weighted by atomic mass is 10.1. The normalized spacial score (nSPS) is 11.2. The summed E-state index contributed by atoms with van der Waals surface area (Å²) in [5.74, 6) is 0. The summed E-state index contributed by atoms with van der Waals surface area (Å²) in [6.07, 6.45) is 1.01. The number of nitriles is 1. The highest BCUT2D eigenvalue weighted by molar-refractivity contribution is 7.12. The summed E-state index contributed by atoms with van der Waals surface area (Å²) in [6.45, 7) is 6.19. The average Bonchev–Trinajstić information content (AvgIpc) is 3.14. The third kappa shape index (κ3) is 3.98. The van der Waals surface area contributed by atoms with Crippen molar-refractivity contribution in [3.63, 3.8) is 0 Å². The second kappa shape index (κ2) is 7.94. The van der Waals surface area contributed by atoms with Crippen LogP contribution < -0.4 is 5.43 Å². The van der Waals surface area contributed by atoms with Crippen LogP contribution in [0.15, 0.2) is 52.9 Å². The number of nitrogens with zero attached hydrogens (tertiary/aromatic N) is 3. The lowest BCUT2D eigenvalue weighted by molar-refractivity contribution is 1.14. The zero-order valence-corrected chi connectivity index (χ0v) is 15.9. The molecule has 0 radical (unpaired) electrons. The highest BCUT2D eigenvalue weighted by Gasteiger charge is 2.11. The summed E-state index contributed by atoms with van der Waals surface area (Å²) in [5, 5.41) is 16.3. The van der Waals surface area contributed by atoms with Crippen molar-refractivity contribution in [3.05, 3.63) is 69.5 Å². The first-order valence-corrected chi connectivity index (χ1v) is 9.35. The standard InChI is InChI=1S/C21H20N4S/c1-4-16-6-8-17(9-7-16)20-13-26-21(23-20)19(12-22)25-24-18-10-5-14(2)11-15(18)3/h5-11,13,24H,4H2,1-3H3. The van der Waals surface area contributed by atoms with Gasteiger partial charge in [-0.2, -0.15) is 10.4 Å². The van der Waals surface area contributed by atoms with Crippen LogP contribution >= 0.6 is 11.3 Å². The number of benzene rings is 2. The Morgan fingerprint density at radius 3 is 2.62 bits per heavy atom. The number of hydrazone groups is 1. The Bertz CT molecular complexity index is 978. The Kier molecular flexibility index (Phi) is 5.45. The number of thiazole rings is 1. The number of anilines is 1. The molecule has 130 valence electrons. The number of hydrogen-bond donors (Lipinski definition) is 1. The lowest BCUT2D eigenvalue weighted by Crippen LogP contribution is -2.02. The van der Waals surface area contributed by atoms with Gasteiger partial charge in [-0.05, 0) is 37.5 Å². The van der Waals surface area contributed by atoms with E-state index in [1.165, 1.54) is 22.5 Å². The molecular weight excluding hydrogens is 340 g/mol. The number of aryl methyl sites for hydroxylation is 3. The fourth-order valence-corrected chi connectivity index (χ4v) is 3.37. The number of nitrogens with one attached hydrogen (secondary N) is 1. The lowest BCUT2D eigenvalue weighted by Gasteiger charge is -2.05. The smallest absolute Gasteiger partial charge is 0.196 e. The minimum absolute atomic E-state index is 0.284. The molecule has 0 spiro atoms. The fourth-order valence-electron chi connectivity index (χ4n) is 2.60. The molecular formula is C21H20N4S. The van der Waals surface area contributed by atoms with E-state index >= 15 is 0 Å². The molecule has 0 unspecified atom stereocenters. The summed E-state index contributed by atoms with van der Waals surface area (Å²) in [7, 11) is 0. The molecule has 0 amide bonds. The van der Waals surface area contributed by atoms with E-state index in [4.69, 9.17) is 0 Å². The highest BCUT2D eigenvalue weighted by Crippen LogP contribution is 2.23. The Morgan fingerprint density at radius 2 is 1.96 bits per heavy atom. The van der Waals surface area contributed by atoms with Crippen LogP contribution in [-0.2, 0) is 6.42 Å². The second-order valence-corrected chi connectivity index (χ2v) is 6.95. The van der Waals surface area contributed by atoms with Crippen molar-refractivity contribution >= 4 is 22.7 Å². The van der Waals surface area contributed by atoms with Crippen LogP contribution in [0.5, 0.6) is 0 Å². The van der Waals surface area contributed by atoms with Gasteiger partial charge in [0.15, 0.2) is 10.7 Å². The molecule has 2 aromatic carbocycles. The van der Waals surface area contributed by atoms with Crippen molar-refractivity contribution in [3.8, 4) is 17.3 Å². The predicted octanol–water partition coefficient (Wildman–Crippen LogP) is 5.33. The molecule has 0 aliphatic carbocycles. The van der Waals surface area contributed by atoms with Gasteiger partial charge in [-0.15, -0.1) is 11.3 Å². The predicted molar refractivity (Wildman–Crippen MR) is 109 cm³/mol. The SMILES string of the molecule is CCc1ccc(-c2csc(C(C#N)=NNc3ccc(C)cc3C)n2)cc1. The summed E-state index contributed by atoms with van der Waals surface area (Å²) in [5.41, 5.74) is 9.63. The molecule has 0 aliphatic heterocycles. The molecule has 3 aromatic rings. The first-order valence-electron chi connectivity index (χ1n) is 8.47. The monoisotopic (exact) mass is 360 g/mol. The molecule has 0 aliphatic rings. The van der Waals surface area contributed by atoms with Crippen molar-refractivity contribution in [2.24, 2.45) is 5.10 Å². The maximum atomic E-state index is 9.46. The maximum absolute atomic E-state index is 9.46. The van der Waals surface area contributed by atoms with Gasteiger partial charge in [-0.3, -0.25) is 5.43 Å². The van der Waals surface area contributed by atoms with Crippen molar-refractivity contribution in [1.82, 2.24) is 4.98 Å². The van der Waals surface area contributed by atoms with Gasteiger partial charge in [0, 0.05) is 10.9 Å². The van der Waals surface area contributed by atoms with Crippen LogP contribution in [0.3, 0.4) is 0 Å². The fraction of sp³-hybridized carbons (Fsp3) is 0.190. The molecule has 4 nitrogen and oxygen atoms in total. The van der Waals surface area contributed by atoms with Crippen LogP contribution in [0.25, 0.3) is 11.3 Å². The van der Waals surface area contributed by atoms with E-state index in [1.54, 1.807) is 0 Å². The molecule has 1 heterocycles. The second-order valence-electron chi connectivity index (χ2n) is 6.09. The molecule has 0 saturated carbocycles. The number of rotatable bonds is 5. The molecule has 3 rings (SSSR count). The highest BCUT2D eigenvalue weighted by atomic mass is 32.1. The van der Waals surface area contributed by atoms with E-state index in [9.17, 15) is 5.26 Å². The van der Waals surface area contributed by atoms with Gasteiger partial charge >= 0.3 is 0 Å². The van der Waals surface area contributed by atoms with E-state index < -0.39 is 0 Å². The zero-order valence-electron chi connectivity index (χ0n) is 15.1. The van der Waals surface area contributed by atoms with Gasteiger partial charge in [-0.25, -0.2) is 4.98 Å². The van der Waals surface area contributed by atoms with Gasteiger partial charge in [-0.1, -0.05) is 48.9 Å². The minimum atomic E-state index is 0.284. The first-order chi connectivity index (χ1) is 12.6. The van der Waals surface area contributed by atoms with Gasteiger partial charge in [0.1, 0.15) is 6.07 Å². The number of aromatic nitrogens is 1. The van der Waals surface area contributed by atoms with Crippen molar-refractivity contribution < 1.29 is 0 Å². The summed E-state index contributed by atoms with van der Waals surface area (Å²) >= 11 is 1.42. The molecule has 1 aromatic heterocycles. The topological polar surface area (TPSA) is 61.1 Å². The minimum Gasteiger partial charge on any atom is -0.277 e. The van der Waals surface area contributed by atoms with Crippen LogP contribution in [-0.4, -0.2) is 10.7 Å². The molecule has 1 N–H and O–H groups in total.